The molecule has 3 aromatic carbocycles. The molecule has 0 aromatic heterocycles. The first-order valence-electron chi connectivity index (χ1n) is 12.0. The molecule has 1 N–H and O–H groups in total. The van der Waals surface area contributed by atoms with Gasteiger partial charge in [-0.2, -0.15) is 30.7 Å². The molecule has 2 atom stereocenters. The quantitative estimate of drug-likeness (QED) is 0.236. The number of halogens is 9. The van der Waals surface area contributed by atoms with Gasteiger partial charge in [-0.15, -0.1) is 0 Å². The fourth-order valence-electron chi connectivity index (χ4n) is 4.26. The summed E-state index contributed by atoms with van der Waals surface area (Å²) in [6.45, 7) is 0.761. The van der Waals surface area contributed by atoms with E-state index in [0.29, 0.717) is 17.7 Å². The van der Waals surface area contributed by atoms with Gasteiger partial charge in [-0.3, -0.25) is 4.79 Å². The van der Waals surface area contributed by atoms with E-state index in [-0.39, 0.29) is 12.0 Å². The minimum Gasteiger partial charge on any atom is -0.493 e. The molecule has 0 radical (unpaired) electrons. The van der Waals surface area contributed by atoms with E-state index >= 15 is 4.39 Å². The number of methoxy groups -OCH3 is 1. The summed E-state index contributed by atoms with van der Waals surface area (Å²) >= 11 is 0. The van der Waals surface area contributed by atoms with Gasteiger partial charge in [0.15, 0.2) is 11.6 Å². The van der Waals surface area contributed by atoms with Crippen LogP contribution in [-0.2, 0) is 16.8 Å². The number of ether oxygens (including phenoxy) is 2. The topological polar surface area (TPSA) is 47.6 Å². The van der Waals surface area contributed by atoms with Gasteiger partial charge in [-0.05, 0) is 23.8 Å². The van der Waals surface area contributed by atoms with Crippen molar-refractivity contribution in [3.63, 3.8) is 0 Å². The molecular weight excluding hydrogens is 569 g/mol. The molecule has 0 saturated heterocycles. The van der Waals surface area contributed by atoms with Crippen molar-refractivity contribution in [3.05, 3.63) is 95.1 Å². The van der Waals surface area contributed by atoms with E-state index in [4.69, 9.17) is 4.74 Å². The Kier molecular flexibility index (Phi) is 9.50. The van der Waals surface area contributed by atoms with Crippen molar-refractivity contribution in [2.75, 3.05) is 7.11 Å². The third-order valence-electron chi connectivity index (χ3n) is 6.25. The van der Waals surface area contributed by atoms with Crippen molar-refractivity contribution in [3.8, 4) is 11.5 Å². The van der Waals surface area contributed by atoms with Crippen LogP contribution in [0.15, 0.2) is 66.7 Å². The lowest BCUT2D eigenvalue weighted by Gasteiger charge is -2.38. The van der Waals surface area contributed by atoms with E-state index in [0.717, 1.165) is 26.2 Å². The Hall–Kier alpha value is -3.90. The lowest BCUT2D eigenvalue weighted by molar-refractivity contribution is -0.253. The highest BCUT2D eigenvalue weighted by molar-refractivity contribution is 5.78. The van der Waals surface area contributed by atoms with Crippen LogP contribution in [0, 0.1) is 17.6 Å². The highest BCUT2D eigenvalue weighted by Crippen LogP contribution is 2.42. The zero-order chi connectivity index (χ0) is 30.6. The Morgan fingerprint density at radius 1 is 0.878 bits per heavy atom. The molecule has 0 spiro atoms. The van der Waals surface area contributed by atoms with Crippen molar-refractivity contribution < 1.29 is 53.8 Å². The first-order chi connectivity index (χ1) is 19.1. The number of alkyl halides is 7. The van der Waals surface area contributed by atoms with E-state index in [1.807, 2.05) is 0 Å². The van der Waals surface area contributed by atoms with Crippen LogP contribution in [-0.4, -0.2) is 31.7 Å². The van der Waals surface area contributed by atoms with Crippen molar-refractivity contribution in [1.82, 2.24) is 5.32 Å². The second kappa shape index (κ2) is 12.3. The van der Waals surface area contributed by atoms with Gasteiger partial charge in [0.2, 0.25) is 5.91 Å². The molecule has 0 fully saturated rings. The van der Waals surface area contributed by atoms with Crippen LogP contribution in [0.3, 0.4) is 0 Å². The second-order valence-corrected chi connectivity index (χ2v) is 9.19. The zero-order valence-electron chi connectivity index (χ0n) is 21.5. The molecule has 1 amide bonds. The number of para-hydroxylation sites is 1. The van der Waals surface area contributed by atoms with Gasteiger partial charge in [-0.25, -0.2) is 8.78 Å². The van der Waals surface area contributed by atoms with Crippen LogP contribution in [0.1, 0.15) is 30.0 Å². The van der Waals surface area contributed by atoms with E-state index < -0.39 is 71.2 Å². The van der Waals surface area contributed by atoms with Gasteiger partial charge >= 0.3 is 18.7 Å². The van der Waals surface area contributed by atoms with E-state index in [1.54, 1.807) is 30.3 Å². The van der Waals surface area contributed by atoms with Crippen LogP contribution >= 0.6 is 0 Å². The third-order valence-corrected chi connectivity index (χ3v) is 6.25. The van der Waals surface area contributed by atoms with Gasteiger partial charge in [0, 0.05) is 30.0 Å². The predicted molar refractivity (Wildman–Crippen MR) is 130 cm³/mol. The highest BCUT2D eigenvalue weighted by atomic mass is 19.4. The second-order valence-electron chi connectivity index (χ2n) is 9.19. The Morgan fingerprint density at radius 3 is 2.10 bits per heavy atom. The molecule has 41 heavy (non-hydrogen) atoms. The number of hydrogen-bond donors (Lipinski definition) is 1. The number of carbonyl (C=O) groups is 1. The van der Waals surface area contributed by atoms with Crippen LogP contribution < -0.4 is 14.8 Å². The number of carbonyl (C=O) groups excluding carboxylic acids is 1. The van der Waals surface area contributed by atoms with Crippen LogP contribution in [0.5, 0.6) is 11.5 Å². The number of nitrogens with one attached hydrogen (secondary N) is 1. The Labute approximate surface area is 229 Å². The summed E-state index contributed by atoms with van der Waals surface area (Å²) in [6, 6.07) is 13.2. The minimum atomic E-state index is -4.97. The molecule has 0 aliphatic heterocycles. The van der Waals surface area contributed by atoms with Gasteiger partial charge in [0.1, 0.15) is 17.1 Å². The largest absolute Gasteiger partial charge is 0.493 e. The summed E-state index contributed by atoms with van der Waals surface area (Å²) in [5.74, 6) is -7.16. The number of amides is 1. The molecule has 3 rings (SSSR count). The summed E-state index contributed by atoms with van der Waals surface area (Å²) < 4.78 is 132. The zero-order valence-corrected chi connectivity index (χ0v) is 21.5. The fourth-order valence-corrected chi connectivity index (χ4v) is 4.26. The monoisotopic (exact) mass is 593 g/mol. The Bertz CT molecular complexity index is 1350. The van der Waals surface area contributed by atoms with E-state index in [9.17, 15) is 39.9 Å². The van der Waals surface area contributed by atoms with Crippen molar-refractivity contribution in [1.29, 1.82) is 0 Å². The van der Waals surface area contributed by atoms with Crippen LogP contribution in [0.2, 0.25) is 0 Å². The lowest BCUT2D eigenvalue weighted by Crippen LogP contribution is -2.50. The molecule has 13 heteroatoms. The molecule has 4 nitrogen and oxygen atoms in total. The summed E-state index contributed by atoms with van der Waals surface area (Å²) in [6.07, 6.45) is -15.4. The van der Waals surface area contributed by atoms with E-state index in [2.05, 4.69) is 10.1 Å². The average molecular weight is 593 g/mol. The van der Waals surface area contributed by atoms with Crippen LogP contribution in [0.25, 0.3) is 0 Å². The molecule has 222 valence electrons. The minimum absolute atomic E-state index is 0.220. The highest BCUT2D eigenvalue weighted by Gasteiger charge is 2.46. The average Bonchev–Trinajstić information content (AvgIpc) is 2.88. The van der Waals surface area contributed by atoms with Gasteiger partial charge < -0.3 is 14.8 Å². The maximum Gasteiger partial charge on any atom is 0.461 e. The first-order valence-corrected chi connectivity index (χ1v) is 12.0. The number of rotatable bonds is 11. The predicted octanol–water partition coefficient (Wildman–Crippen LogP) is 7.40. The summed E-state index contributed by atoms with van der Waals surface area (Å²) in [7, 11) is 1.07. The Morgan fingerprint density at radius 2 is 1.54 bits per heavy atom. The summed E-state index contributed by atoms with van der Waals surface area (Å²) in [5, 5.41) is 2.41. The molecule has 0 aliphatic rings. The smallest absolute Gasteiger partial charge is 0.461 e. The van der Waals surface area contributed by atoms with Gasteiger partial charge in [0.05, 0.1) is 13.0 Å². The Balaban J connectivity index is 2.28. The molecule has 3 aromatic rings. The molecule has 0 saturated carbocycles. The molecule has 1 unspecified atom stereocenters. The van der Waals surface area contributed by atoms with E-state index in [1.165, 1.54) is 12.1 Å². The SMILES string of the molecule is COc1c(F)cccc1[C@@](Cc1ccccc1)(NC(=O)CC(C)C(F)(F)F)c1ccc(OC(F)(F)C(F)F)cc1F. The van der Waals surface area contributed by atoms with Gasteiger partial charge in [-0.1, -0.05) is 49.4 Å². The molecular formula is C28H24F9NO3. The summed E-state index contributed by atoms with van der Waals surface area (Å²) in [4.78, 5) is 13.1. The standard InChI is InChI=1S/C28H24F9NO3/c1-16(27(33,34)35)13-23(39)38-26(15-17-7-4-3-5-8-17,20-9-6-10-21(29)24(20)40-2)19-12-11-18(14-22(19)30)41-28(36,37)25(31)32/h3-12,14,16,25H,13,15H2,1-2H3,(H,38,39)/t16?,26-/m0/s1. The number of benzene rings is 3. The maximum atomic E-state index is 15.8. The molecule has 0 heterocycles. The lowest BCUT2D eigenvalue weighted by atomic mass is 9.76. The fraction of sp³-hybridized carbons (Fsp3) is 0.321. The van der Waals surface area contributed by atoms with Gasteiger partial charge in [0.25, 0.3) is 0 Å². The summed E-state index contributed by atoms with van der Waals surface area (Å²) in [5.41, 5.74) is -2.54. The van der Waals surface area contributed by atoms with Crippen molar-refractivity contribution in [2.45, 2.75) is 44.0 Å². The van der Waals surface area contributed by atoms with Crippen molar-refractivity contribution >= 4 is 5.91 Å². The number of hydrogen-bond acceptors (Lipinski definition) is 3. The molecule has 0 bridgehead atoms. The third kappa shape index (κ3) is 7.25. The first kappa shape index (κ1) is 31.6. The normalized spacial score (nSPS) is 14.3. The van der Waals surface area contributed by atoms with Crippen LogP contribution in [0.4, 0.5) is 39.5 Å². The maximum absolute atomic E-state index is 15.8. The molecule has 0 aliphatic carbocycles. The van der Waals surface area contributed by atoms with Crippen molar-refractivity contribution in [2.24, 2.45) is 5.92 Å².